The van der Waals surface area contributed by atoms with Crippen LogP contribution in [0.2, 0.25) is 0 Å². The number of carboxylic acid groups (broad SMARTS) is 1. The lowest BCUT2D eigenvalue weighted by molar-refractivity contribution is 0.0703. The van der Waals surface area contributed by atoms with Gasteiger partial charge in [-0.3, -0.25) is 4.98 Å². The van der Waals surface area contributed by atoms with Crippen molar-refractivity contribution in [1.82, 2.24) is 4.98 Å². The van der Waals surface area contributed by atoms with Crippen LogP contribution in [0.25, 0.3) is 10.2 Å². The molecular weight excluding hydrogens is 216 g/mol. The minimum atomic E-state index is -1.12. The van der Waals surface area contributed by atoms with Crippen LogP contribution in [0.4, 0.5) is 5.69 Å². The van der Waals surface area contributed by atoms with E-state index in [1.54, 1.807) is 12.1 Å². The van der Waals surface area contributed by atoms with Crippen molar-refractivity contribution in [2.45, 2.75) is 0 Å². The SMILES string of the molecule is O=C=Nc1c(C(=O)O)sc2cccnc12. The number of carbonyl (C=O) groups excluding carboxylic acids is 1. The van der Waals surface area contributed by atoms with E-state index in [4.69, 9.17) is 5.11 Å². The summed E-state index contributed by atoms with van der Waals surface area (Å²) in [5.74, 6) is -1.12. The van der Waals surface area contributed by atoms with Gasteiger partial charge in [0.2, 0.25) is 6.08 Å². The smallest absolute Gasteiger partial charge is 0.348 e. The van der Waals surface area contributed by atoms with E-state index in [0.29, 0.717) is 10.2 Å². The molecule has 0 amide bonds. The molecule has 0 fully saturated rings. The van der Waals surface area contributed by atoms with Gasteiger partial charge in [0.25, 0.3) is 0 Å². The number of nitrogens with zero attached hydrogens (tertiary/aromatic N) is 2. The highest BCUT2D eigenvalue weighted by molar-refractivity contribution is 7.21. The Morgan fingerprint density at radius 2 is 2.40 bits per heavy atom. The van der Waals surface area contributed by atoms with Crippen LogP contribution in [0.5, 0.6) is 0 Å². The zero-order valence-electron chi connectivity index (χ0n) is 7.30. The molecule has 0 unspecified atom stereocenters. The maximum Gasteiger partial charge on any atom is 0.348 e. The lowest BCUT2D eigenvalue weighted by Crippen LogP contribution is -1.91. The van der Waals surface area contributed by atoms with Crippen molar-refractivity contribution in [2.75, 3.05) is 0 Å². The van der Waals surface area contributed by atoms with Crippen molar-refractivity contribution in [3.05, 3.63) is 23.2 Å². The van der Waals surface area contributed by atoms with Crippen molar-refractivity contribution in [3.63, 3.8) is 0 Å². The second-order valence-corrected chi connectivity index (χ2v) is 3.69. The number of rotatable bonds is 2. The van der Waals surface area contributed by atoms with Crippen molar-refractivity contribution < 1.29 is 14.7 Å². The molecule has 0 aliphatic rings. The number of aromatic nitrogens is 1. The van der Waals surface area contributed by atoms with Gasteiger partial charge in [-0.15, -0.1) is 11.3 Å². The molecule has 5 nitrogen and oxygen atoms in total. The van der Waals surface area contributed by atoms with Gasteiger partial charge in [0, 0.05) is 6.20 Å². The normalized spacial score (nSPS) is 9.87. The Labute approximate surface area is 87.7 Å². The summed E-state index contributed by atoms with van der Waals surface area (Å²) in [4.78, 5) is 28.4. The first-order valence-corrected chi connectivity index (χ1v) is 4.74. The molecule has 0 aliphatic carbocycles. The number of pyridine rings is 1. The van der Waals surface area contributed by atoms with E-state index in [9.17, 15) is 9.59 Å². The fraction of sp³-hybridized carbons (Fsp3) is 0. The third kappa shape index (κ3) is 1.52. The molecule has 2 rings (SSSR count). The fourth-order valence-corrected chi connectivity index (χ4v) is 2.15. The van der Waals surface area contributed by atoms with Gasteiger partial charge >= 0.3 is 5.97 Å². The number of hydrogen-bond acceptors (Lipinski definition) is 5. The molecule has 15 heavy (non-hydrogen) atoms. The molecule has 0 aromatic carbocycles. The highest BCUT2D eigenvalue weighted by Gasteiger charge is 2.17. The second kappa shape index (κ2) is 3.61. The lowest BCUT2D eigenvalue weighted by atomic mass is 10.3. The summed E-state index contributed by atoms with van der Waals surface area (Å²) in [7, 11) is 0. The van der Waals surface area contributed by atoms with Crippen molar-refractivity contribution in [2.24, 2.45) is 4.99 Å². The molecule has 2 aromatic rings. The number of aromatic carboxylic acids is 1. The first-order chi connectivity index (χ1) is 7.24. The van der Waals surface area contributed by atoms with Gasteiger partial charge in [0.05, 0.1) is 4.70 Å². The minimum Gasteiger partial charge on any atom is -0.477 e. The van der Waals surface area contributed by atoms with Gasteiger partial charge in [-0.2, -0.15) is 4.99 Å². The molecule has 2 aromatic heterocycles. The predicted octanol–water partition coefficient (Wildman–Crippen LogP) is 1.96. The van der Waals surface area contributed by atoms with Gasteiger partial charge in [-0.1, -0.05) is 0 Å². The van der Waals surface area contributed by atoms with E-state index in [0.717, 1.165) is 11.3 Å². The maximum atomic E-state index is 10.9. The van der Waals surface area contributed by atoms with E-state index < -0.39 is 5.97 Å². The zero-order chi connectivity index (χ0) is 10.8. The van der Waals surface area contributed by atoms with Crippen LogP contribution in [-0.2, 0) is 4.79 Å². The molecule has 74 valence electrons. The van der Waals surface area contributed by atoms with E-state index >= 15 is 0 Å². The van der Waals surface area contributed by atoms with Gasteiger partial charge in [-0.05, 0) is 12.1 Å². The summed E-state index contributed by atoms with van der Waals surface area (Å²) >= 11 is 1.04. The van der Waals surface area contributed by atoms with Gasteiger partial charge in [0.15, 0.2) is 0 Å². The molecule has 0 spiro atoms. The van der Waals surface area contributed by atoms with Crippen molar-refractivity contribution >= 4 is 39.3 Å². The molecule has 0 atom stereocenters. The highest BCUT2D eigenvalue weighted by Crippen LogP contribution is 2.35. The van der Waals surface area contributed by atoms with Gasteiger partial charge in [0.1, 0.15) is 16.1 Å². The fourth-order valence-electron chi connectivity index (χ4n) is 1.21. The average molecular weight is 220 g/mol. The first-order valence-electron chi connectivity index (χ1n) is 3.92. The third-order valence-corrected chi connectivity index (χ3v) is 2.90. The maximum absolute atomic E-state index is 10.9. The van der Waals surface area contributed by atoms with E-state index in [2.05, 4.69) is 9.98 Å². The van der Waals surface area contributed by atoms with E-state index in [-0.39, 0.29) is 10.6 Å². The molecule has 0 saturated carbocycles. The number of carbonyl (C=O) groups is 1. The molecule has 2 heterocycles. The summed E-state index contributed by atoms with van der Waals surface area (Å²) < 4.78 is 0.684. The summed E-state index contributed by atoms with van der Waals surface area (Å²) in [6.07, 6.45) is 2.85. The Kier molecular flexibility index (Phi) is 2.29. The van der Waals surface area contributed by atoms with Crippen LogP contribution in [0.1, 0.15) is 9.67 Å². The Balaban J connectivity index is 2.85. The van der Waals surface area contributed by atoms with Gasteiger partial charge in [-0.25, -0.2) is 9.59 Å². The first kappa shape index (κ1) is 9.51. The second-order valence-electron chi connectivity index (χ2n) is 2.64. The molecule has 0 saturated heterocycles. The Hall–Kier alpha value is -2.04. The topological polar surface area (TPSA) is 79.6 Å². The predicted molar refractivity (Wildman–Crippen MR) is 54.4 cm³/mol. The number of fused-ring (bicyclic) bond motifs is 1. The van der Waals surface area contributed by atoms with Crippen LogP contribution in [0.15, 0.2) is 23.3 Å². The largest absolute Gasteiger partial charge is 0.477 e. The quantitative estimate of drug-likeness (QED) is 0.619. The monoisotopic (exact) mass is 220 g/mol. The molecule has 1 N–H and O–H groups in total. The van der Waals surface area contributed by atoms with E-state index in [1.807, 2.05) is 0 Å². The number of carboxylic acids is 1. The van der Waals surface area contributed by atoms with Crippen molar-refractivity contribution in [3.8, 4) is 0 Å². The number of isocyanates is 1. The number of aliphatic imine (C=N–C) groups is 1. The van der Waals surface area contributed by atoms with Gasteiger partial charge < -0.3 is 5.11 Å². The van der Waals surface area contributed by atoms with Crippen LogP contribution in [0, 0.1) is 0 Å². The molecule has 0 bridgehead atoms. The number of thiophene rings is 1. The van der Waals surface area contributed by atoms with Crippen LogP contribution in [-0.4, -0.2) is 22.1 Å². The average Bonchev–Trinajstić information content (AvgIpc) is 2.58. The summed E-state index contributed by atoms with van der Waals surface area (Å²) in [5, 5.41) is 8.89. The molecule has 6 heteroatoms. The lowest BCUT2D eigenvalue weighted by Gasteiger charge is -1.89. The van der Waals surface area contributed by atoms with Crippen LogP contribution in [0.3, 0.4) is 0 Å². The molecule has 0 radical (unpaired) electrons. The summed E-state index contributed by atoms with van der Waals surface area (Å²) in [5.41, 5.74) is 0.501. The van der Waals surface area contributed by atoms with Crippen LogP contribution < -0.4 is 0 Å². The van der Waals surface area contributed by atoms with E-state index in [1.165, 1.54) is 12.3 Å². The highest BCUT2D eigenvalue weighted by atomic mass is 32.1. The summed E-state index contributed by atoms with van der Waals surface area (Å²) in [6, 6.07) is 3.42. The molecule has 0 aliphatic heterocycles. The Bertz CT molecular complexity index is 584. The standard InChI is InChI=1S/C9H4N2O3S/c12-4-11-7-6-5(2-1-3-10-6)15-8(7)9(13)14/h1-3H,(H,13,14). The van der Waals surface area contributed by atoms with Crippen LogP contribution >= 0.6 is 11.3 Å². The Morgan fingerprint density at radius 3 is 3.07 bits per heavy atom. The number of hydrogen-bond donors (Lipinski definition) is 1. The molecular formula is C9H4N2O3S. The summed E-state index contributed by atoms with van der Waals surface area (Å²) in [6.45, 7) is 0. The third-order valence-electron chi connectivity index (χ3n) is 1.77. The zero-order valence-corrected chi connectivity index (χ0v) is 8.11. The Morgan fingerprint density at radius 1 is 1.60 bits per heavy atom. The van der Waals surface area contributed by atoms with Crippen molar-refractivity contribution in [1.29, 1.82) is 0 Å². The minimum absolute atomic E-state index is 0.00653.